The van der Waals surface area contributed by atoms with Crippen molar-refractivity contribution in [1.82, 2.24) is 20.1 Å². The van der Waals surface area contributed by atoms with Gasteiger partial charge in [0.05, 0.1) is 17.9 Å². The van der Waals surface area contributed by atoms with E-state index in [1.54, 1.807) is 19.2 Å². The third kappa shape index (κ3) is 4.51. The zero-order valence-electron chi connectivity index (χ0n) is 15.8. The first-order chi connectivity index (χ1) is 13.5. The number of para-hydroxylation sites is 1. The Morgan fingerprint density at radius 3 is 2.64 bits per heavy atom. The molecule has 28 heavy (non-hydrogen) atoms. The van der Waals surface area contributed by atoms with Crippen LogP contribution in [0.1, 0.15) is 12.5 Å². The highest BCUT2D eigenvalue weighted by Gasteiger charge is 2.20. The van der Waals surface area contributed by atoms with Gasteiger partial charge in [0.1, 0.15) is 11.6 Å². The summed E-state index contributed by atoms with van der Waals surface area (Å²) in [7, 11) is 3.46. The first-order valence-corrected chi connectivity index (χ1v) is 9.59. The Labute approximate surface area is 167 Å². The number of methoxy groups -OCH3 is 1. The lowest BCUT2D eigenvalue weighted by Crippen LogP contribution is -2.30. The standard InChI is InChI=1S/C20H21FN4O2S/c1-13(19(26)22-12-14-8-10-15(21)11-9-14)28-20-24-23-18(25(20)2)16-6-4-5-7-17(16)27-3/h4-11,13H,12H2,1-3H3,(H,22,26)/t13-/m1/s1. The minimum Gasteiger partial charge on any atom is -0.496 e. The summed E-state index contributed by atoms with van der Waals surface area (Å²) in [5.74, 6) is 0.946. The quantitative estimate of drug-likeness (QED) is 0.616. The number of ether oxygens (including phenoxy) is 1. The van der Waals surface area contributed by atoms with Crippen molar-refractivity contribution in [2.75, 3.05) is 7.11 Å². The summed E-state index contributed by atoms with van der Waals surface area (Å²) in [5, 5.41) is 11.6. The van der Waals surface area contributed by atoms with Gasteiger partial charge in [-0.2, -0.15) is 0 Å². The molecule has 0 spiro atoms. The molecule has 0 saturated carbocycles. The maximum absolute atomic E-state index is 13.0. The molecule has 1 N–H and O–H groups in total. The lowest BCUT2D eigenvalue weighted by Gasteiger charge is -2.12. The van der Waals surface area contributed by atoms with Crippen molar-refractivity contribution in [2.24, 2.45) is 7.05 Å². The summed E-state index contributed by atoms with van der Waals surface area (Å²) < 4.78 is 20.2. The van der Waals surface area contributed by atoms with Crippen molar-refractivity contribution in [1.29, 1.82) is 0 Å². The Bertz CT molecular complexity index is 959. The van der Waals surface area contributed by atoms with Gasteiger partial charge in [-0.1, -0.05) is 36.0 Å². The molecule has 1 heterocycles. The number of benzene rings is 2. The van der Waals surface area contributed by atoms with Crippen LogP contribution in [0.2, 0.25) is 0 Å². The van der Waals surface area contributed by atoms with Crippen LogP contribution in [-0.2, 0) is 18.4 Å². The van der Waals surface area contributed by atoms with Gasteiger partial charge in [0.25, 0.3) is 0 Å². The van der Waals surface area contributed by atoms with Crippen molar-refractivity contribution in [2.45, 2.75) is 23.9 Å². The van der Waals surface area contributed by atoms with Gasteiger partial charge < -0.3 is 14.6 Å². The molecule has 0 radical (unpaired) electrons. The average Bonchev–Trinajstić information content (AvgIpc) is 3.07. The molecule has 6 nitrogen and oxygen atoms in total. The van der Waals surface area contributed by atoms with Crippen molar-refractivity contribution >= 4 is 17.7 Å². The molecular formula is C20H21FN4O2S. The molecule has 0 unspecified atom stereocenters. The summed E-state index contributed by atoms with van der Waals surface area (Å²) in [6.07, 6.45) is 0. The number of hydrogen-bond donors (Lipinski definition) is 1. The zero-order valence-corrected chi connectivity index (χ0v) is 16.7. The number of halogens is 1. The first-order valence-electron chi connectivity index (χ1n) is 8.71. The van der Waals surface area contributed by atoms with Gasteiger partial charge in [-0.05, 0) is 36.8 Å². The monoisotopic (exact) mass is 400 g/mol. The second-order valence-electron chi connectivity index (χ2n) is 6.17. The number of nitrogens with one attached hydrogen (secondary N) is 1. The van der Waals surface area contributed by atoms with Gasteiger partial charge in [0.2, 0.25) is 5.91 Å². The summed E-state index contributed by atoms with van der Waals surface area (Å²) in [6, 6.07) is 13.6. The summed E-state index contributed by atoms with van der Waals surface area (Å²) in [4.78, 5) is 12.4. The predicted molar refractivity (Wildman–Crippen MR) is 107 cm³/mol. The Kier molecular flexibility index (Phi) is 6.30. The van der Waals surface area contributed by atoms with Crippen molar-refractivity contribution in [3.05, 3.63) is 59.9 Å². The topological polar surface area (TPSA) is 69.0 Å². The molecule has 1 aromatic heterocycles. The predicted octanol–water partition coefficient (Wildman–Crippen LogP) is 3.43. The van der Waals surface area contributed by atoms with Crippen LogP contribution >= 0.6 is 11.8 Å². The van der Waals surface area contributed by atoms with Crippen molar-refractivity contribution in [3.63, 3.8) is 0 Å². The van der Waals surface area contributed by atoms with Gasteiger partial charge in [0.15, 0.2) is 11.0 Å². The fourth-order valence-electron chi connectivity index (χ4n) is 2.63. The Morgan fingerprint density at radius 1 is 1.21 bits per heavy atom. The average molecular weight is 400 g/mol. The van der Waals surface area contributed by atoms with Crippen LogP contribution in [-0.4, -0.2) is 33.0 Å². The lowest BCUT2D eigenvalue weighted by atomic mass is 10.2. The second-order valence-corrected chi connectivity index (χ2v) is 7.48. The third-order valence-electron chi connectivity index (χ3n) is 4.21. The van der Waals surface area contributed by atoms with Gasteiger partial charge in [0, 0.05) is 13.6 Å². The van der Waals surface area contributed by atoms with Crippen LogP contribution in [0.3, 0.4) is 0 Å². The molecule has 3 aromatic rings. The van der Waals surface area contributed by atoms with Crippen LogP contribution in [0.15, 0.2) is 53.7 Å². The normalized spacial score (nSPS) is 11.9. The van der Waals surface area contributed by atoms with E-state index in [1.807, 2.05) is 42.8 Å². The maximum atomic E-state index is 13.0. The number of nitrogens with zero attached hydrogens (tertiary/aromatic N) is 3. The number of thioether (sulfide) groups is 1. The van der Waals surface area contributed by atoms with Crippen LogP contribution in [0, 0.1) is 5.82 Å². The van der Waals surface area contributed by atoms with Crippen LogP contribution < -0.4 is 10.1 Å². The van der Waals surface area contributed by atoms with Crippen molar-refractivity contribution in [3.8, 4) is 17.1 Å². The minimum absolute atomic E-state index is 0.129. The SMILES string of the molecule is COc1ccccc1-c1nnc(S[C@H](C)C(=O)NCc2ccc(F)cc2)n1C. The fraction of sp³-hybridized carbons (Fsp3) is 0.250. The van der Waals surface area contributed by atoms with Crippen LogP contribution in [0.5, 0.6) is 5.75 Å². The van der Waals surface area contributed by atoms with E-state index in [4.69, 9.17) is 4.74 Å². The van der Waals surface area contributed by atoms with E-state index in [0.29, 0.717) is 23.3 Å². The highest BCUT2D eigenvalue weighted by molar-refractivity contribution is 8.00. The number of rotatable bonds is 7. The molecule has 1 atom stereocenters. The summed E-state index contributed by atoms with van der Waals surface area (Å²) in [6.45, 7) is 2.15. The molecule has 0 aliphatic rings. The van der Waals surface area contributed by atoms with E-state index in [-0.39, 0.29) is 17.0 Å². The molecule has 0 aliphatic heterocycles. The van der Waals surface area contributed by atoms with E-state index in [9.17, 15) is 9.18 Å². The molecule has 1 amide bonds. The molecule has 0 fully saturated rings. The third-order valence-corrected chi connectivity index (χ3v) is 5.35. The number of carbonyl (C=O) groups excluding carboxylic acids is 1. The Morgan fingerprint density at radius 2 is 1.93 bits per heavy atom. The smallest absolute Gasteiger partial charge is 0.233 e. The van der Waals surface area contributed by atoms with E-state index < -0.39 is 0 Å². The van der Waals surface area contributed by atoms with E-state index >= 15 is 0 Å². The van der Waals surface area contributed by atoms with Gasteiger partial charge in [-0.25, -0.2) is 4.39 Å². The van der Waals surface area contributed by atoms with Crippen LogP contribution in [0.25, 0.3) is 11.4 Å². The van der Waals surface area contributed by atoms with Gasteiger partial charge in [-0.3, -0.25) is 4.79 Å². The van der Waals surface area contributed by atoms with Crippen LogP contribution in [0.4, 0.5) is 4.39 Å². The molecule has 3 rings (SSSR count). The molecule has 0 saturated heterocycles. The fourth-order valence-corrected chi connectivity index (χ4v) is 3.47. The maximum Gasteiger partial charge on any atom is 0.233 e. The largest absolute Gasteiger partial charge is 0.496 e. The molecule has 8 heteroatoms. The van der Waals surface area contributed by atoms with Gasteiger partial charge in [-0.15, -0.1) is 10.2 Å². The number of hydrogen-bond acceptors (Lipinski definition) is 5. The molecular weight excluding hydrogens is 379 g/mol. The van der Waals surface area contributed by atoms with Gasteiger partial charge >= 0.3 is 0 Å². The minimum atomic E-state index is -0.367. The molecule has 146 valence electrons. The second kappa shape index (κ2) is 8.88. The van der Waals surface area contributed by atoms with E-state index in [1.165, 1.54) is 23.9 Å². The Hall–Kier alpha value is -2.87. The molecule has 0 bridgehead atoms. The summed E-state index contributed by atoms with van der Waals surface area (Å²) >= 11 is 1.32. The molecule has 2 aromatic carbocycles. The highest BCUT2D eigenvalue weighted by atomic mass is 32.2. The van der Waals surface area contributed by atoms with Crippen molar-refractivity contribution < 1.29 is 13.9 Å². The Balaban J connectivity index is 1.65. The first kappa shape index (κ1) is 19.9. The van der Waals surface area contributed by atoms with E-state index in [2.05, 4.69) is 15.5 Å². The summed E-state index contributed by atoms with van der Waals surface area (Å²) in [5.41, 5.74) is 1.67. The lowest BCUT2D eigenvalue weighted by molar-refractivity contribution is -0.120. The van der Waals surface area contributed by atoms with E-state index in [0.717, 1.165) is 11.1 Å². The number of carbonyl (C=O) groups is 1. The highest BCUT2D eigenvalue weighted by Crippen LogP contribution is 2.31. The number of amides is 1. The molecule has 0 aliphatic carbocycles. The zero-order chi connectivity index (χ0) is 20.1. The number of aromatic nitrogens is 3.